The van der Waals surface area contributed by atoms with Crippen LogP contribution in [0.4, 0.5) is 0 Å². The number of hydrogen-bond acceptors (Lipinski definition) is 1. The molecule has 0 amide bonds. The first kappa shape index (κ1) is 8.06. The third-order valence-electron chi connectivity index (χ3n) is 2.91. The summed E-state index contributed by atoms with van der Waals surface area (Å²) in [6.07, 6.45) is 2.84. The fourth-order valence-electron chi connectivity index (χ4n) is 1.64. The molecular formula is C9H19N. The second-order valence-electron chi connectivity index (χ2n) is 3.88. The standard InChI is InChI=1S/C9H19N/c1-7(2)10(4)9-6-5-8(9)3/h7-9H,5-6H2,1-4H3/t8-,9+/m0/s1. The highest BCUT2D eigenvalue weighted by molar-refractivity contribution is 4.85. The topological polar surface area (TPSA) is 3.24 Å². The van der Waals surface area contributed by atoms with E-state index in [1.54, 1.807) is 0 Å². The van der Waals surface area contributed by atoms with E-state index in [0.29, 0.717) is 6.04 Å². The minimum Gasteiger partial charge on any atom is -0.301 e. The predicted molar refractivity (Wildman–Crippen MR) is 45.1 cm³/mol. The first-order valence-electron chi connectivity index (χ1n) is 4.35. The average molecular weight is 141 g/mol. The van der Waals surface area contributed by atoms with Crippen LogP contribution in [0.1, 0.15) is 33.6 Å². The highest BCUT2D eigenvalue weighted by Gasteiger charge is 2.30. The van der Waals surface area contributed by atoms with Crippen molar-refractivity contribution in [3.63, 3.8) is 0 Å². The molecule has 10 heavy (non-hydrogen) atoms. The Morgan fingerprint density at radius 3 is 2.00 bits per heavy atom. The highest BCUT2D eigenvalue weighted by Crippen LogP contribution is 2.31. The van der Waals surface area contributed by atoms with Crippen LogP contribution in [0.25, 0.3) is 0 Å². The fourth-order valence-corrected chi connectivity index (χ4v) is 1.64. The molecule has 1 nitrogen and oxygen atoms in total. The minimum atomic E-state index is 0.716. The molecule has 1 heteroatoms. The van der Waals surface area contributed by atoms with Crippen LogP contribution in [0.5, 0.6) is 0 Å². The predicted octanol–water partition coefficient (Wildman–Crippen LogP) is 2.13. The zero-order valence-corrected chi connectivity index (χ0v) is 7.59. The third kappa shape index (κ3) is 1.34. The molecule has 2 atom stereocenters. The van der Waals surface area contributed by atoms with Gasteiger partial charge in [-0.3, -0.25) is 0 Å². The lowest BCUT2D eigenvalue weighted by atomic mass is 9.80. The van der Waals surface area contributed by atoms with Crippen molar-refractivity contribution in [2.24, 2.45) is 5.92 Å². The molecule has 0 aliphatic heterocycles. The SMILES string of the molecule is CC(C)N(C)[C@@H]1CC[C@@H]1C. The van der Waals surface area contributed by atoms with Crippen molar-refractivity contribution in [2.45, 2.75) is 45.7 Å². The molecule has 1 fully saturated rings. The van der Waals surface area contributed by atoms with Gasteiger partial charge in [-0.05, 0) is 39.7 Å². The van der Waals surface area contributed by atoms with Crippen LogP contribution in [-0.4, -0.2) is 24.0 Å². The highest BCUT2D eigenvalue weighted by atomic mass is 15.2. The number of hydrogen-bond donors (Lipinski definition) is 0. The lowest BCUT2D eigenvalue weighted by Crippen LogP contribution is -2.46. The summed E-state index contributed by atoms with van der Waals surface area (Å²) in [7, 11) is 2.24. The van der Waals surface area contributed by atoms with Gasteiger partial charge < -0.3 is 4.90 Å². The van der Waals surface area contributed by atoms with Crippen molar-refractivity contribution in [3.05, 3.63) is 0 Å². The van der Waals surface area contributed by atoms with Crippen LogP contribution < -0.4 is 0 Å². The van der Waals surface area contributed by atoms with E-state index in [1.165, 1.54) is 12.8 Å². The Morgan fingerprint density at radius 1 is 1.30 bits per heavy atom. The quantitative estimate of drug-likeness (QED) is 0.569. The van der Waals surface area contributed by atoms with E-state index in [0.717, 1.165) is 12.0 Å². The summed E-state index contributed by atoms with van der Waals surface area (Å²) in [6, 6.07) is 1.59. The number of rotatable bonds is 2. The van der Waals surface area contributed by atoms with Gasteiger partial charge in [-0.25, -0.2) is 0 Å². The summed E-state index contributed by atoms with van der Waals surface area (Å²) in [4.78, 5) is 2.49. The Hall–Kier alpha value is -0.0400. The van der Waals surface area contributed by atoms with Gasteiger partial charge in [-0.15, -0.1) is 0 Å². The zero-order valence-electron chi connectivity index (χ0n) is 7.59. The maximum Gasteiger partial charge on any atom is 0.0121 e. The van der Waals surface area contributed by atoms with E-state index in [2.05, 4.69) is 32.7 Å². The first-order valence-corrected chi connectivity index (χ1v) is 4.35. The van der Waals surface area contributed by atoms with Gasteiger partial charge in [-0.2, -0.15) is 0 Å². The molecule has 0 aromatic heterocycles. The van der Waals surface area contributed by atoms with E-state index in [9.17, 15) is 0 Å². The normalized spacial score (nSPS) is 33.0. The van der Waals surface area contributed by atoms with Crippen molar-refractivity contribution >= 4 is 0 Å². The van der Waals surface area contributed by atoms with Gasteiger partial charge in [0.05, 0.1) is 0 Å². The molecule has 0 bridgehead atoms. The summed E-state index contributed by atoms with van der Waals surface area (Å²) in [6.45, 7) is 6.89. The van der Waals surface area contributed by atoms with Crippen LogP contribution in [0.2, 0.25) is 0 Å². The smallest absolute Gasteiger partial charge is 0.0121 e. The maximum absolute atomic E-state index is 2.49. The Labute approximate surface area is 64.4 Å². The van der Waals surface area contributed by atoms with Crippen LogP contribution in [0, 0.1) is 5.92 Å². The van der Waals surface area contributed by atoms with Crippen LogP contribution >= 0.6 is 0 Å². The van der Waals surface area contributed by atoms with E-state index in [1.807, 2.05) is 0 Å². The summed E-state index contributed by atoms with van der Waals surface area (Å²) in [5, 5.41) is 0. The van der Waals surface area contributed by atoms with Crippen LogP contribution in [-0.2, 0) is 0 Å². The lowest BCUT2D eigenvalue weighted by molar-refractivity contribution is 0.0713. The molecule has 1 aliphatic rings. The summed E-state index contributed by atoms with van der Waals surface area (Å²) >= 11 is 0. The maximum atomic E-state index is 2.49. The van der Waals surface area contributed by atoms with E-state index in [-0.39, 0.29) is 0 Å². The molecule has 60 valence electrons. The van der Waals surface area contributed by atoms with Crippen molar-refractivity contribution < 1.29 is 0 Å². The van der Waals surface area contributed by atoms with Gasteiger partial charge in [0.15, 0.2) is 0 Å². The van der Waals surface area contributed by atoms with Crippen LogP contribution in [0.3, 0.4) is 0 Å². The van der Waals surface area contributed by atoms with Crippen molar-refractivity contribution in [1.82, 2.24) is 4.90 Å². The summed E-state index contributed by atoms with van der Waals surface area (Å²) in [5.74, 6) is 0.937. The van der Waals surface area contributed by atoms with Gasteiger partial charge in [0, 0.05) is 12.1 Å². The molecule has 1 saturated carbocycles. The molecule has 0 unspecified atom stereocenters. The van der Waals surface area contributed by atoms with Gasteiger partial charge >= 0.3 is 0 Å². The second kappa shape index (κ2) is 2.91. The molecule has 1 rings (SSSR count). The van der Waals surface area contributed by atoms with Crippen molar-refractivity contribution in [1.29, 1.82) is 0 Å². The minimum absolute atomic E-state index is 0.716. The second-order valence-corrected chi connectivity index (χ2v) is 3.88. The summed E-state index contributed by atoms with van der Waals surface area (Å²) < 4.78 is 0. The molecule has 0 aromatic rings. The van der Waals surface area contributed by atoms with E-state index >= 15 is 0 Å². The summed E-state index contributed by atoms with van der Waals surface area (Å²) in [5.41, 5.74) is 0. The Balaban J connectivity index is 2.34. The zero-order chi connectivity index (χ0) is 7.72. The molecule has 0 saturated heterocycles. The van der Waals surface area contributed by atoms with Gasteiger partial charge in [0.1, 0.15) is 0 Å². The molecule has 0 radical (unpaired) electrons. The molecule has 1 aliphatic carbocycles. The first-order chi connectivity index (χ1) is 4.63. The lowest BCUT2D eigenvalue weighted by Gasteiger charge is -2.42. The monoisotopic (exact) mass is 141 g/mol. The van der Waals surface area contributed by atoms with Crippen molar-refractivity contribution in [3.8, 4) is 0 Å². The van der Waals surface area contributed by atoms with E-state index < -0.39 is 0 Å². The molecule has 0 spiro atoms. The Bertz CT molecular complexity index is 105. The number of nitrogens with zero attached hydrogens (tertiary/aromatic N) is 1. The van der Waals surface area contributed by atoms with Gasteiger partial charge in [-0.1, -0.05) is 6.92 Å². The van der Waals surface area contributed by atoms with Gasteiger partial charge in [0.2, 0.25) is 0 Å². The molecule has 0 heterocycles. The molecule has 0 aromatic carbocycles. The van der Waals surface area contributed by atoms with Gasteiger partial charge in [0.25, 0.3) is 0 Å². The fraction of sp³-hybridized carbons (Fsp3) is 1.00. The Kier molecular flexibility index (Phi) is 2.35. The van der Waals surface area contributed by atoms with Crippen LogP contribution in [0.15, 0.2) is 0 Å². The van der Waals surface area contributed by atoms with E-state index in [4.69, 9.17) is 0 Å². The third-order valence-corrected chi connectivity index (χ3v) is 2.91. The Morgan fingerprint density at radius 2 is 1.90 bits per heavy atom. The van der Waals surface area contributed by atoms with Crippen molar-refractivity contribution in [2.75, 3.05) is 7.05 Å². The molecular weight excluding hydrogens is 122 g/mol. The molecule has 0 N–H and O–H groups in total. The average Bonchev–Trinajstić information content (AvgIpc) is 1.84. The largest absolute Gasteiger partial charge is 0.301 e.